The van der Waals surface area contributed by atoms with Gasteiger partial charge in [0.15, 0.2) is 15.7 Å². The lowest BCUT2D eigenvalue weighted by molar-refractivity contribution is -0.118. The highest BCUT2D eigenvalue weighted by molar-refractivity contribution is 7.91. The number of fused-ring (bicyclic) bond motifs is 1. The zero-order chi connectivity index (χ0) is 26.4. The molecule has 5 rings (SSSR count). The van der Waals surface area contributed by atoms with Crippen molar-refractivity contribution in [3.05, 3.63) is 84.8 Å². The van der Waals surface area contributed by atoms with Gasteiger partial charge in [-0.2, -0.15) is 4.72 Å². The highest BCUT2D eigenvalue weighted by Gasteiger charge is 2.38. The van der Waals surface area contributed by atoms with Crippen LogP contribution in [-0.2, 0) is 24.7 Å². The monoisotopic (exact) mass is 539 g/mol. The Morgan fingerprint density at radius 3 is 2.41 bits per heavy atom. The molecule has 1 saturated heterocycles. The molecule has 4 aromatic rings. The molecule has 1 aromatic heterocycles. The van der Waals surface area contributed by atoms with Crippen molar-refractivity contribution in [1.82, 2.24) is 9.71 Å². The summed E-state index contributed by atoms with van der Waals surface area (Å²) in [4.78, 5) is 17.9. The van der Waals surface area contributed by atoms with Gasteiger partial charge in [0.25, 0.3) is 0 Å². The molecule has 0 bridgehead atoms. The number of sulfonamides is 1. The first-order chi connectivity index (χ1) is 17.6. The largest absolute Gasteiger partial charge is 0.308 e. The number of carbonyl (C=O) groups is 1. The summed E-state index contributed by atoms with van der Waals surface area (Å²) >= 11 is 0. The summed E-state index contributed by atoms with van der Waals surface area (Å²) < 4.78 is 69.6. The number of halogens is 1. The summed E-state index contributed by atoms with van der Waals surface area (Å²) in [6.07, 6.45) is 2.46. The fraction of sp³-hybridized carbons (Fsp3) is 0.154. The van der Waals surface area contributed by atoms with E-state index in [1.807, 2.05) is 0 Å². The molecule has 0 radical (unpaired) electrons. The molecule has 190 valence electrons. The fourth-order valence-electron chi connectivity index (χ4n) is 4.53. The molecule has 11 heteroatoms. The second kappa shape index (κ2) is 9.33. The van der Waals surface area contributed by atoms with Crippen molar-refractivity contribution in [3.63, 3.8) is 0 Å². The number of benzene rings is 3. The zero-order valence-electron chi connectivity index (χ0n) is 19.6. The Hall–Kier alpha value is -3.67. The van der Waals surface area contributed by atoms with E-state index < -0.39 is 42.5 Å². The third-order valence-electron chi connectivity index (χ3n) is 6.21. The summed E-state index contributed by atoms with van der Waals surface area (Å²) in [5.41, 5.74) is 0.728. The molecule has 1 atom stereocenters. The van der Waals surface area contributed by atoms with Crippen molar-refractivity contribution in [2.24, 2.45) is 0 Å². The number of pyridine rings is 1. The molecule has 1 aliphatic rings. The average Bonchev–Trinajstić information content (AvgIpc) is 3.22. The third-order valence-corrected chi connectivity index (χ3v) is 8.86. The first kappa shape index (κ1) is 25.0. The number of rotatable bonds is 6. The van der Waals surface area contributed by atoms with Crippen molar-refractivity contribution in [2.45, 2.75) is 22.3 Å². The van der Waals surface area contributed by atoms with Crippen LogP contribution in [0.2, 0.25) is 0 Å². The first-order valence-corrected chi connectivity index (χ1v) is 14.7. The molecular formula is C26H22FN3O5S2. The number of aromatic nitrogens is 1. The molecule has 1 amide bonds. The van der Waals surface area contributed by atoms with Gasteiger partial charge < -0.3 is 4.90 Å². The quantitative estimate of drug-likeness (QED) is 0.401. The standard InChI is InChI=1S/C26H22FN3O5S2/c1-36(32,33)25-19(17-7-3-2-4-8-17)12-13-21(23(25)27)30-16-14-20(26(30)31)29-37(34,35)22-11-5-9-18-10-6-15-28-24(18)22/h2-13,15,20,29H,14,16H2,1H3/t20-/m0/s1. The number of carbonyl (C=O) groups excluding carboxylic acids is 1. The van der Waals surface area contributed by atoms with E-state index in [9.17, 15) is 21.6 Å². The second-order valence-corrected chi connectivity index (χ2v) is 12.3. The number of para-hydroxylation sites is 1. The summed E-state index contributed by atoms with van der Waals surface area (Å²) in [7, 11) is -8.16. The minimum atomic E-state index is -4.14. The molecule has 37 heavy (non-hydrogen) atoms. The highest BCUT2D eigenvalue weighted by Crippen LogP contribution is 2.36. The van der Waals surface area contributed by atoms with Gasteiger partial charge in [0.2, 0.25) is 15.9 Å². The van der Waals surface area contributed by atoms with Gasteiger partial charge in [0, 0.05) is 29.9 Å². The van der Waals surface area contributed by atoms with Gasteiger partial charge in [-0.05, 0) is 30.2 Å². The van der Waals surface area contributed by atoms with Crippen LogP contribution in [-0.4, -0.2) is 46.6 Å². The number of anilines is 1. The number of nitrogens with zero attached hydrogens (tertiary/aromatic N) is 2. The molecule has 3 aromatic carbocycles. The number of sulfone groups is 1. The van der Waals surface area contributed by atoms with E-state index in [4.69, 9.17) is 0 Å². The normalized spacial score (nSPS) is 16.4. The molecule has 0 spiro atoms. The Balaban J connectivity index is 1.48. The van der Waals surface area contributed by atoms with Gasteiger partial charge in [-0.1, -0.05) is 54.6 Å². The Morgan fingerprint density at radius 2 is 1.68 bits per heavy atom. The summed E-state index contributed by atoms with van der Waals surface area (Å²) in [6.45, 7) is 0.00458. The summed E-state index contributed by atoms with van der Waals surface area (Å²) in [6, 6.07) is 18.3. The van der Waals surface area contributed by atoms with Crippen LogP contribution in [0.3, 0.4) is 0 Å². The molecule has 1 aliphatic heterocycles. The van der Waals surface area contributed by atoms with Crippen molar-refractivity contribution < 1.29 is 26.0 Å². The molecule has 0 aliphatic carbocycles. The third kappa shape index (κ3) is 4.61. The lowest BCUT2D eigenvalue weighted by Gasteiger charge is -2.21. The smallest absolute Gasteiger partial charge is 0.245 e. The highest BCUT2D eigenvalue weighted by atomic mass is 32.2. The number of hydrogen-bond donors (Lipinski definition) is 1. The van der Waals surface area contributed by atoms with E-state index in [-0.39, 0.29) is 34.6 Å². The number of hydrogen-bond acceptors (Lipinski definition) is 6. The maximum absolute atomic E-state index is 15.7. The molecular weight excluding hydrogens is 517 g/mol. The van der Waals surface area contributed by atoms with E-state index in [1.54, 1.807) is 54.6 Å². The molecule has 0 saturated carbocycles. The SMILES string of the molecule is CS(=O)(=O)c1c(-c2ccccc2)ccc(N2CC[C@H](NS(=O)(=O)c3cccc4cccnc34)C2=O)c1F. The maximum Gasteiger partial charge on any atom is 0.245 e. The van der Waals surface area contributed by atoms with Gasteiger partial charge >= 0.3 is 0 Å². The van der Waals surface area contributed by atoms with Gasteiger partial charge in [-0.25, -0.2) is 21.2 Å². The molecule has 0 unspecified atom stereocenters. The van der Waals surface area contributed by atoms with Crippen molar-refractivity contribution in [3.8, 4) is 11.1 Å². The Labute approximate surface area is 213 Å². The van der Waals surface area contributed by atoms with Crippen molar-refractivity contribution >= 4 is 42.4 Å². The molecule has 2 heterocycles. The minimum absolute atomic E-state index is 0.00458. The van der Waals surface area contributed by atoms with E-state index in [1.165, 1.54) is 24.4 Å². The Bertz CT molecular complexity index is 1740. The number of amides is 1. The second-order valence-electron chi connectivity index (χ2n) is 8.70. The topological polar surface area (TPSA) is 114 Å². The van der Waals surface area contributed by atoms with Gasteiger partial charge in [-0.15, -0.1) is 0 Å². The van der Waals surface area contributed by atoms with E-state index >= 15 is 4.39 Å². The predicted molar refractivity (Wildman–Crippen MR) is 138 cm³/mol. The Kier molecular flexibility index (Phi) is 6.30. The van der Waals surface area contributed by atoms with E-state index in [0.29, 0.717) is 10.9 Å². The van der Waals surface area contributed by atoms with Crippen LogP contribution in [0.25, 0.3) is 22.0 Å². The average molecular weight is 540 g/mol. The van der Waals surface area contributed by atoms with Crippen LogP contribution in [0, 0.1) is 5.82 Å². The van der Waals surface area contributed by atoms with Gasteiger partial charge in [-0.3, -0.25) is 9.78 Å². The predicted octanol–water partition coefficient (Wildman–Crippen LogP) is 3.53. The van der Waals surface area contributed by atoms with Crippen LogP contribution in [0.1, 0.15) is 6.42 Å². The first-order valence-electron chi connectivity index (χ1n) is 11.3. The number of nitrogens with one attached hydrogen (secondary N) is 1. The van der Waals surface area contributed by atoms with E-state index in [0.717, 1.165) is 11.2 Å². The van der Waals surface area contributed by atoms with Crippen molar-refractivity contribution in [2.75, 3.05) is 17.7 Å². The maximum atomic E-state index is 15.7. The zero-order valence-corrected chi connectivity index (χ0v) is 21.3. The van der Waals surface area contributed by atoms with Crippen LogP contribution in [0.15, 0.2) is 88.8 Å². The fourth-order valence-corrected chi connectivity index (χ4v) is 6.95. The van der Waals surface area contributed by atoms with Crippen molar-refractivity contribution in [1.29, 1.82) is 0 Å². The van der Waals surface area contributed by atoms with Crippen LogP contribution in [0.5, 0.6) is 0 Å². The lowest BCUT2D eigenvalue weighted by Crippen LogP contribution is -2.41. The lowest BCUT2D eigenvalue weighted by atomic mass is 10.0. The van der Waals surface area contributed by atoms with Crippen LogP contribution in [0.4, 0.5) is 10.1 Å². The van der Waals surface area contributed by atoms with E-state index in [2.05, 4.69) is 9.71 Å². The minimum Gasteiger partial charge on any atom is -0.308 e. The van der Waals surface area contributed by atoms with Gasteiger partial charge in [0.05, 0.1) is 11.2 Å². The molecule has 1 fully saturated rings. The molecule has 8 nitrogen and oxygen atoms in total. The summed E-state index contributed by atoms with van der Waals surface area (Å²) in [5, 5.41) is 0.624. The van der Waals surface area contributed by atoms with Crippen LogP contribution >= 0.6 is 0 Å². The Morgan fingerprint density at radius 1 is 0.946 bits per heavy atom. The summed E-state index contributed by atoms with van der Waals surface area (Å²) in [5.74, 6) is -1.73. The molecule has 1 N–H and O–H groups in total. The van der Waals surface area contributed by atoms with Crippen LogP contribution < -0.4 is 9.62 Å². The van der Waals surface area contributed by atoms with Gasteiger partial charge in [0.1, 0.15) is 15.8 Å².